The number of hydrogen-bond donors (Lipinski definition) is 1. The van der Waals surface area contributed by atoms with Crippen molar-refractivity contribution in [2.75, 3.05) is 20.3 Å². The van der Waals surface area contributed by atoms with Crippen LogP contribution >= 0.6 is 0 Å². The molecule has 3 nitrogen and oxygen atoms in total. The van der Waals surface area contributed by atoms with Gasteiger partial charge in [-0.25, -0.2) is 0 Å². The molecule has 0 aromatic heterocycles. The highest BCUT2D eigenvalue weighted by atomic mass is 16.5. The molecule has 2 N–H and O–H groups in total. The van der Waals surface area contributed by atoms with Crippen LogP contribution in [0, 0.1) is 0 Å². The van der Waals surface area contributed by atoms with Gasteiger partial charge in [-0.15, -0.1) is 0 Å². The van der Waals surface area contributed by atoms with Gasteiger partial charge in [0.2, 0.25) is 0 Å². The van der Waals surface area contributed by atoms with Crippen LogP contribution < -0.4 is 10.5 Å². The van der Waals surface area contributed by atoms with Crippen molar-refractivity contribution in [1.82, 2.24) is 0 Å². The predicted molar refractivity (Wildman–Crippen MR) is 68.4 cm³/mol. The molecule has 0 saturated heterocycles. The lowest BCUT2D eigenvalue weighted by Crippen LogP contribution is -2.26. The van der Waals surface area contributed by atoms with E-state index in [0.29, 0.717) is 5.92 Å². The first-order valence-electron chi connectivity index (χ1n) is 6.27. The van der Waals surface area contributed by atoms with Crippen LogP contribution in [-0.2, 0) is 4.74 Å². The lowest BCUT2D eigenvalue weighted by atomic mass is 9.87. The Kier molecular flexibility index (Phi) is 4.40. The van der Waals surface area contributed by atoms with Crippen LogP contribution in [0.4, 0.5) is 0 Å². The Morgan fingerprint density at radius 3 is 3.12 bits per heavy atom. The maximum atomic E-state index is 6.13. The molecule has 0 fully saturated rings. The van der Waals surface area contributed by atoms with E-state index in [9.17, 15) is 0 Å². The van der Waals surface area contributed by atoms with Crippen LogP contribution in [0.25, 0.3) is 0 Å². The maximum absolute atomic E-state index is 6.13. The molecule has 2 unspecified atom stereocenters. The van der Waals surface area contributed by atoms with Crippen molar-refractivity contribution >= 4 is 0 Å². The van der Waals surface area contributed by atoms with Gasteiger partial charge in [-0.3, -0.25) is 0 Å². The van der Waals surface area contributed by atoms with Crippen LogP contribution in [-0.4, -0.2) is 26.4 Å². The number of hydrogen-bond acceptors (Lipinski definition) is 3. The zero-order valence-electron chi connectivity index (χ0n) is 10.4. The topological polar surface area (TPSA) is 44.5 Å². The zero-order chi connectivity index (χ0) is 12.1. The number of nitrogens with two attached hydrogens (primary N) is 1. The van der Waals surface area contributed by atoms with E-state index in [-0.39, 0.29) is 6.04 Å². The van der Waals surface area contributed by atoms with Gasteiger partial charge in [0.1, 0.15) is 5.75 Å². The fourth-order valence-electron chi connectivity index (χ4n) is 2.41. The third-order valence-corrected chi connectivity index (χ3v) is 3.36. The van der Waals surface area contributed by atoms with Crippen LogP contribution in [0.1, 0.15) is 30.7 Å². The van der Waals surface area contributed by atoms with Gasteiger partial charge in [0.25, 0.3) is 0 Å². The summed E-state index contributed by atoms with van der Waals surface area (Å²) in [4.78, 5) is 0. The normalized spacial score (nSPS) is 20.5. The summed E-state index contributed by atoms with van der Waals surface area (Å²) >= 11 is 0. The van der Waals surface area contributed by atoms with Crippen molar-refractivity contribution in [3.05, 3.63) is 29.8 Å². The minimum Gasteiger partial charge on any atom is -0.493 e. The molecule has 0 saturated carbocycles. The van der Waals surface area contributed by atoms with E-state index in [1.54, 1.807) is 7.11 Å². The summed E-state index contributed by atoms with van der Waals surface area (Å²) in [5, 5.41) is 0. The predicted octanol–water partition coefficient (Wildman–Crippen LogP) is 2.31. The molecule has 1 aliphatic rings. The minimum atomic E-state index is 0.214. The van der Waals surface area contributed by atoms with Gasteiger partial charge >= 0.3 is 0 Å². The molecule has 2 atom stereocenters. The molecular formula is C14H21NO2. The molecule has 1 heterocycles. The van der Waals surface area contributed by atoms with Crippen LogP contribution in [0.2, 0.25) is 0 Å². The summed E-state index contributed by atoms with van der Waals surface area (Å²) in [6.07, 6.45) is 3.01. The standard InChI is InChI=1S/C14H21NO2/c1-16-8-7-12(15)10-11-6-9-17-14-5-3-2-4-13(11)14/h2-5,11-12H,6-10,15H2,1H3. The molecule has 0 spiro atoms. The van der Waals surface area contributed by atoms with Crippen LogP contribution in [0.3, 0.4) is 0 Å². The first-order chi connectivity index (χ1) is 8.31. The van der Waals surface area contributed by atoms with E-state index in [4.69, 9.17) is 15.2 Å². The second-order valence-corrected chi connectivity index (χ2v) is 4.65. The maximum Gasteiger partial charge on any atom is 0.122 e. The Bertz CT molecular complexity index is 354. The highest BCUT2D eigenvalue weighted by Crippen LogP contribution is 2.36. The molecule has 1 aliphatic heterocycles. The molecule has 1 aromatic rings. The molecule has 94 valence electrons. The van der Waals surface area contributed by atoms with Gasteiger partial charge in [-0.2, -0.15) is 0 Å². The molecule has 0 amide bonds. The number of methoxy groups -OCH3 is 1. The van der Waals surface area contributed by atoms with E-state index >= 15 is 0 Å². The highest BCUT2D eigenvalue weighted by Gasteiger charge is 2.22. The van der Waals surface area contributed by atoms with E-state index in [2.05, 4.69) is 12.1 Å². The fourth-order valence-corrected chi connectivity index (χ4v) is 2.41. The van der Waals surface area contributed by atoms with Crippen molar-refractivity contribution in [2.24, 2.45) is 5.73 Å². The molecule has 0 radical (unpaired) electrons. The minimum absolute atomic E-state index is 0.214. The number of ether oxygens (including phenoxy) is 2. The lowest BCUT2D eigenvalue weighted by Gasteiger charge is -2.27. The Balaban J connectivity index is 1.98. The summed E-state index contributed by atoms with van der Waals surface area (Å²) in [6, 6.07) is 8.50. The first kappa shape index (κ1) is 12.4. The van der Waals surface area contributed by atoms with Gasteiger partial charge in [0.05, 0.1) is 6.61 Å². The van der Waals surface area contributed by atoms with Crippen LogP contribution in [0.5, 0.6) is 5.75 Å². The fraction of sp³-hybridized carbons (Fsp3) is 0.571. The largest absolute Gasteiger partial charge is 0.493 e. The quantitative estimate of drug-likeness (QED) is 0.851. The second kappa shape index (κ2) is 6.03. The Morgan fingerprint density at radius 1 is 1.47 bits per heavy atom. The zero-order valence-corrected chi connectivity index (χ0v) is 10.4. The second-order valence-electron chi connectivity index (χ2n) is 4.65. The SMILES string of the molecule is COCCC(N)CC1CCOc2ccccc21. The summed E-state index contributed by atoms with van der Waals surface area (Å²) in [5.41, 5.74) is 7.44. The molecule has 0 aliphatic carbocycles. The number of benzene rings is 1. The number of rotatable bonds is 5. The average molecular weight is 235 g/mol. The Labute approximate surface area is 103 Å². The molecule has 0 bridgehead atoms. The number of fused-ring (bicyclic) bond motifs is 1. The van der Waals surface area contributed by atoms with E-state index in [1.807, 2.05) is 12.1 Å². The molecular weight excluding hydrogens is 214 g/mol. The Morgan fingerprint density at radius 2 is 2.29 bits per heavy atom. The highest BCUT2D eigenvalue weighted by molar-refractivity contribution is 5.37. The van der Waals surface area contributed by atoms with Crippen molar-refractivity contribution in [3.63, 3.8) is 0 Å². The van der Waals surface area contributed by atoms with Gasteiger partial charge in [-0.05, 0) is 36.8 Å². The third-order valence-electron chi connectivity index (χ3n) is 3.36. The lowest BCUT2D eigenvalue weighted by molar-refractivity contribution is 0.183. The monoisotopic (exact) mass is 235 g/mol. The van der Waals surface area contributed by atoms with Crippen molar-refractivity contribution < 1.29 is 9.47 Å². The summed E-state index contributed by atoms with van der Waals surface area (Å²) in [5.74, 6) is 1.56. The summed E-state index contributed by atoms with van der Waals surface area (Å²) in [6.45, 7) is 1.55. The van der Waals surface area contributed by atoms with Crippen LogP contribution in [0.15, 0.2) is 24.3 Å². The van der Waals surface area contributed by atoms with E-state index in [1.165, 1.54) is 5.56 Å². The van der Waals surface area contributed by atoms with Gasteiger partial charge < -0.3 is 15.2 Å². The average Bonchev–Trinajstić information content (AvgIpc) is 2.37. The van der Waals surface area contributed by atoms with Gasteiger partial charge in [-0.1, -0.05) is 18.2 Å². The molecule has 2 rings (SSSR count). The molecule has 17 heavy (non-hydrogen) atoms. The smallest absolute Gasteiger partial charge is 0.122 e. The first-order valence-corrected chi connectivity index (χ1v) is 6.27. The molecule has 1 aromatic carbocycles. The van der Waals surface area contributed by atoms with Crippen molar-refractivity contribution in [2.45, 2.75) is 31.2 Å². The van der Waals surface area contributed by atoms with Gasteiger partial charge in [0.15, 0.2) is 0 Å². The van der Waals surface area contributed by atoms with E-state index < -0.39 is 0 Å². The third kappa shape index (κ3) is 3.20. The number of para-hydroxylation sites is 1. The van der Waals surface area contributed by atoms with E-state index in [0.717, 1.165) is 38.2 Å². The van der Waals surface area contributed by atoms with Crippen molar-refractivity contribution in [3.8, 4) is 5.75 Å². The summed E-state index contributed by atoms with van der Waals surface area (Å²) < 4.78 is 10.7. The van der Waals surface area contributed by atoms with Crippen molar-refractivity contribution in [1.29, 1.82) is 0 Å². The molecule has 3 heteroatoms. The summed E-state index contributed by atoms with van der Waals surface area (Å²) in [7, 11) is 1.72. The van der Waals surface area contributed by atoms with Gasteiger partial charge in [0, 0.05) is 19.8 Å². The Hall–Kier alpha value is -1.06.